The third-order valence-electron chi connectivity index (χ3n) is 8.18. The van der Waals surface area contributed by atoms with Gasteiger partial charge >= 0.3 is 6.09 Å². The average Bonchev–Trinajstić information content (AvgIpc) is 3.15. The van der Waals surface area contributed by atoms with Crippen LogP contribution in [-0.2, 0) is 4.74 Å². The van der Waals surface area contributed by atoms with Gasteiger partial charge in [0.2, 0.25) is 0 Å². The number of fused-ring (bicyclic) bond motifs is 5. The second kappa shape index (κ2) is 8.71. The van der Waals surface area contributed by atoms with Gasteiger partial charge in [0.15, 0.2) is 0 Å². The van der Waals surface area contributed by atoms with E-state index < -0.39 is 0 Å². The zero-order chi connectivity index (χ0) is 24.1. The lowest BCUT2D eigenvalue weighted by Gasteiger charge is -2.44. The summed E-state index contributed by atoms with van der Waals surface area (Å²) in [6.07, 6.45) is 6.32. The van der Waals surface area contributed by atoms with Crippen molar-refractivity contribution in [1.29, 1.82) is 0 Å². The molecule has 2 atom stereocenters. The van der Waals surface area contributed by atoms with Crippen LogP contribution < -0.4 is 0 Å². The molecule has 1 saturated heterocycles. The van der Waals surface area contributed by atoms with E-state index in [2.05, 4.69) is 87.5 Å². The molecule has 2 aliphatic heterocycles. The predicted octanol–water partition coefficient (Wildman–Crippen LogP) is 7.57. The Bertz CT molecular complexity index is 1270. The van der Waals surface area contributed by atoms with Gasteiger partial charge in [-0.1, -0.05) is 72.3 Å². The number of rotatable bonds is 3. The van der Waals surface area contributed by atoms with Gasteiger partial charge in [-0.3, -0.25) is 4.90 Å². The van der Waals surface area contributed by atoms with Gasteiger partial charge < -0.3 is 4.74 Å². The van der Waals surface area contributed by atoms with E-state index >= 15 is 0 Å². The van der Waals surface area contributed by atoms with Crippen LogP contribution >= 0.6 is 0 Å². The summed E-state index contributed by atoms with van der Waals surface area (Å²) in [5, 5.41) is 0. The van der Waals surface area contributed by atoms with E-state index in [1.807, 2.05) is 4.90 Å². The van der Waals surface area contributed by atoms with Crippen LogP contribution in [0.15, 0.2) is 66.7 Å². The highest BCUT2D eigenvalue weighted by molar-refractivity contribution is 5.80. The fraction of sp³-hybridized carbons (Fsp3) is 0.344. The van der Waals surface area contributed by atoms with Crippen molar-refractivity contribution in [3.63, 3.8) is 0 Å². The van der Waals surface area contributed by atoms with E-state index in [9.17, 15) is 4.79 Å². The van der Waals surface area contributed by atoms with E-state index in [1.165, 1.54) is 50.1 Å². The second-order valence-corrected chi connectivity index (χ2v) is 10.5. The molecule has 3 nitrogen and oxygen atoms in total. The van der Waals surface area contributed by atoms with Crippen molar-refractivity contribution >= 4 is 11.7 Å². The molecule has 0 N–H and O–H groups in total. The first-order valence-corrected chi connectivity index (χ1v) is 12.9. The summed E-state index contributed by atoms with van der Waals surface area (Å²) in [5.41, 5.74) is 11.8. The van der Waals surface area contributed by atoms with Crippen molar-refractivity contribution in [2.24, 2.45) is 0 Å². The van der Waals surface area contributed by atoms with E-state index in [-0.39, 0.29) is 24.1 Å². The predicted molar refractivity (Wildman–Crippen MR) is 142 cm³/mol. The molecule has 0 spiro atoms. The minimum absolute atomic E-state index is 0.0972. The Morgan fingerprint density at radius 1 is 0.914 bits per heavy atom. The highest BCUT2D eigenvalue weighted by atomic mass is 16.6. The molecule has 0 radical (unpaired) electrons. The van der Waals surface area contributed by atoms with Gasteiger partial charge in [-0.25, -0.2) is 4.79 Å². The molecule has 2 unspecified atom stereocenters. The fourth-order valence-corrected chi connectivity index (χ4v) is 6.85. The maximum atomic E-state index is 13.5. The monoisotopic (exact) mass is 463 g/mol. The topological polar surface area (TPSA) is 29.5 Å². The van der Waals surface area contributed by atoms with Crippen LogP contribution in [0, 0.1) is 20.8 Å². The average molecular weight is 464 g/mol. The molecule has 3 aromatic carbocycles. The second-order valence-electron chi connectivity index (χ2n) is 10.5. The Morgan fingerprint density at radius 3 is 2.17 bits per heavy atom. The van der Waals surface area contributed by atoms with Gasteiger partial charge in [-0.2, -0.15) is 0 Å². The summed E-state index contributed by atoms with van der Waals surface area (Å²) in [7, 11) is 0. The molecule has 3 aromatic rings. The summed E-state index contributed by atoms with van der Waals surface area (Å²) >= 11 is 0. The fourth-order valence-electron chi connectivity index (χ4n) is 6.85. The van der Waals surface area contributed by atoms with Crippen molar-refractivity contribution in [2.45, 2.75) is 64.5 Å². The van der Waals surface area contributed by atoms with E-state index in [0.717, 1.165) is 25.7 Å². The molecule has 3 heteroatoms. The van der Waals surface area contributed by atoms with Gasteiger partial charge in [0.1, 0.15) is 6.61 Å². The third kappa shape index (κ3) is 3.78. The molecule has 178 valence electrons. The minimum atomic E-state index is -0.158. The van der Waals surface area contributed by atoms with Crippen molar-refractivity contribution in [3.05, 3.63) is 100 Å². The molecule has 2 heterocycles. The summed E-state index contributed by atoms with van der Waals surface area (Å²) < 4.78 is 6.08. The van der Waals surface area contributed by atoms with E-state index in [1.54, 1.807) is 0 Å². The van der Waals surface area contributed by atoms with Gasteiger partial charge in [0.05, 0.1) is 6.04 Å². The minimum Gasteiger partial charge on any atom is -0.448 e. The Morgan fingerprint density at radius 2 is 1.54 bits per heavy atom. The van der Waals surface area contributed by atoms with Gasteiger partial charge in [-0.05, 0) is 91.0 Å². The Labute approximate surface area is 208 Å². The molecule has 0 aromatic heterocycles. The number of carbonyl (C=O) groups excluding carboxylic acids is 1. The molecule has 35 heavy (non-hydrogen) atoms. The SMILES string of the molecule is Cc1cc(C)c(C2=CC3CCCC(C2)N3C(=O)OCC2c3ccccc3-c3ccccc32)c(C)c1. The number of hydrogen-bond acceptors (Lipinski definition) is 2. The molecular formula is C32H33NO2. The quantitative estimate of drug-likeness (QED) is 0.401. The van der Waals surface area contributed by atoms with Crippen LogP contribution in [0.4, 0.5) is 4.79 Å². The van der Waals surface area contributed by atoms with Crippen molar-refractivity contribution in [1.82, 2.24) is 4.90 Å². The lowest BCUT2D eigenvalue weighted by Crippen LogP contribution is -2.52. The first-order chi connectivity index (χ1) is 17.0. The molecule has 1 aliphatic carbocycles. The first-order valence-electron chi connectivity index (χ1n) is 12.9. The maximum absolute atomic E-state index is 13.5. The number of nitrogens with zero attached hydrogens (tertiary/aromatic N) is 1. The lowest BCUT2D eigenvalue weighted by atomic mass is 9.80. The van der Waals surface area contributed by atoms with Crippen LogP contribution in [-0.4, -0.2) is 29.7 Å². The standard InChI is InChI=1S/C32H33NO2/c1-20-15-21(2)31(22(3)16-20)23-17-24-9-8-10-25(18-23)33(24)32(34)35-19-30-28-13-6-4-11-26(28)27-12-5-7-14-29(27)30/h4-7,11-17,24-25,30H,8-10,18-19H2,1-3H3. The van der Waals surface area contributed by atoms with Crippen LogP contribution in [0.5, 0.6) is 0 Å². The molecule has 2 bridgehead atoms. The van der Waals surface area contributed by atoms with E-state index in [0.29, 0.717) is 6.61 Å². The Balaban J connectivity index is 1.24. The molecule has 1 amide bonds. The molecule has 6 rings (SSSR count). The van der Waals surface area contributed by atoms with Crippen LogP contribution in [0.1, 0.15) is 65.0 Å². The zero-order valence-corrected chi connectivity index (χ0v) is 20.9. The first kappa shape index (κ1) is 22.2. The number of carbonyl (C=O) groups is 1. The highest BCUT2D eigenvalue weighted by Gasteiger charge is 2.39. The summed E-state index contributed by atoms with van der Waals surface area (Å²) in [5.74, 6) is 0.0972. The van der Waals surface area contributed by atoms with Gasteiger partial charge in [0, 0.05) is 12.0 Å². The number of benzene rings is 3. The van der Waals surface area contributed by atoms with Crippen LogP contribution in [0.3, 0.4) is 0 Å². The lowest BCUT2D eigenvalue weighted by molar-refractivity contribution is 0.0539. The molecule has 0 saturated carbocycles. The van der Waals surface area contributed by atoms with Crippen LogP contribution in [0.2, 0.25) is 0 Å². The van der Waals surface area contributed by atoms with Crippen molar-refractivity contribution in [3.8, 4) is 11.1 Å². The third-order valence-corrected chi connectivity index (χ3v) is 8.18. The summed E-state index contributed by atoms with van der Waals surface area (Å²) in [4.78, 5) is 15.5. The maximum Gasteiger partial charge on any atom is 0.410 e. The Kier molecular flexibility index (Phi) is 5.51. The summed E-state index contributed by atoms with van der Waals surface area (Å²) in [6.45, 7) is 6.97. The number of piperidine rings is 1. The van der Waals surface area contributed by atoms with Crippen molar-refractivity contribution in [2.75, 3.05) is 6.61 Å². The van der Waals surface area contributed by atoms with E-state index in [4.69, 9.17) is 4.74 Å². The van der Waals surface area contributed by atoms with Gasteiger partial charge in [0.25, 0.3) is 0 Å². The van der Waals surface area contributed by atoms with Gasteiger partial charge in [-0.15, -0.1) is 0 Å². The number of ether oxygens (including phenoxy) is 1. The van der Waals surface area contributed by atoms with Crippen LogP contribution in [0.25, 0.3) is 16.7 Å². The largest absolute Gasteiger partial charge is 0.448 e. The molecule has 1 fully saturated rings. The van der Waals surface area contributed by atoms with Crippen molar-refractivity contribution < 1.29 is 9.53 Å². The zero-order valence-electron chi connectivity index (χ0n) is 20.9. The summed E-state index contributed by atoms with van der Waals surface area (Å²) in [6, 6.07) is 21.9. The number of amides is 1. The number of aryl methyl sites for hydroxylation is 3. The Hall–Kier alpha value is -3.33. The number of hydrogen-bond donors (Lipinski definition) is 0. The molecule has 3 aliphatic rings. The highest BCUT2D eigenvalue weighted by Crippen LogP contribution is 2.45. The smallest absolute Gasteiger partial charge is 0.410 e. The normalized spacial score (nSPS) is 20.8. The molecular weight excluding hydrogens is 430 g/mol.